The van der Waals surface area contributed by atoms with Gasteiger partial charge in [-0.05, 0) is 50.2 Å². The average Bonchev–Trinajstić information content (AvgIpc) is 2.83. The quantitative estimate of drug-likeness (QED) is 0.394. The number of hydrogen-bond acceptors (Lipinski definition) is 8. The number of halogens is 1. The summed E-state index contributed by atoms with van der Waals surface area (Å²) in [5.74, 6) is 2.94. The van der Waals surface area contributed by atoms with E-state index in [1.807, 2.05) is 6.07 Å². The number of anilines is 3. The Bertz CT molecular complexity index is 1440. The Hall–Kier alpha value is -3.92. The Morgan fingerprint density at radius 3 is 2.63 bits per heavy atom. The predicted octanol–water partition coefficient (Wildman–Crippen LogP) is 5.21. The second-order valence-corrected chi connectivity index (χ2v) is 9.74. The molecule has 0 aliphatic carbocycles. The van der Waals surface area contributed by atoms with Crippen LogP contribution in [0.2, 0.25) is 0 Å². The van der Waals surface area contributed by atoms with Crippen LogP contribution in [0.1, 0.15) is 13.8 Å². The topological polar surface area (TPSA) is 94.0 Å². The van der Waals surface area contributed by atoms with Crippen LogP contribution in [0.25, 0.3) is 11.3 Å². The zero-order chi connectivity index (χ0) is 24.6. The van der Waals surface area contributed by atoms with Crippen LogP contribution in [-0.4, -0.2) is 30.8 Å². The van der Waals surface area contributed by atoms with Crippen molar-refractivity contribution in [1.29, 1.82) is 0 Å². The Morgan fingerprint density at radius 2 is 1.89 bits per heavy atom. The van der Waals surface area contributed by atoms with Gasteiger partial charge in [-0.1, -0.05) is 0 Å². The molecule has 0 spiro atoms. The zero-order valence-electron chi connectivity index (χ0n) is 19.4. The van der Waals surface area contributed by atoms with Gasteiger partial charge in [-0.3, -0.25) is 14.3 Å². The summed E-state index contributed by atoms with van der Waals surface area (Å²) in [6.45, 7) is 4.26. The van der Waals surface area contributed by atoms with E-state index < -0.39 is 0 Å². The first-order chi connectivity index (χ1) is 16.8. The fourth-order valence-electron chi connectivity index (χ4n) is 3.57. The third-order valence-corrected chi connectivity index (χ3v) is 6.96. The average molecular weight is 491 g/mol. The molecule has 0 saturated carbocycles. The molecule has 2 N–H and O–H groups in total. The van der Waals surface area contributed by atoms with Gasteiger partial charge in [0, 0.05) is 42.5 Å². The van der Waals surface area contributed by atoms with Crippen molar-refractivity contribution in [3.05, 3.63) is 77.2 Å². The lowest BCUT2D eigenvalue weighted by molar-refractivity contribution is 0.466. The first-order valence-corrected chi connectivity index (χ1v) is 11.9. The van der Waals surface area contributed by atoms with Gasteiger partial charge in [0.25, 0.3) is 5.56 Å². The lowest BCUT2D eigenvalue weighted by Crippen LogP contribution is -2.36. The van der Waals surface area contributed by atoms with Crippen molar-refractivity contribution in [3.63, 3.8) is 0 Å². The molecule has 1 aliphatic heterocycles. The molecule has 4 heterocycles. The van der Waals surface area contributed by atoms with Gasteiger partial charge in [0.1, 0.15) is 23.1 Å². The summed E-state index contributed by atoms with van der Waals surface area (Å²) in [5.41, 5.74) is 1.15. The molecular formula is C25H23FN6O2S. The van der Waals surface area contributed by atoms with Gasteiger partial charge in [-0.15, -0.1) is 11.8 Å². The molecule has 0 unspecified atom stereocenters. The van der Waals surface area contributed by atoms with Gasteiger partial charge in [0.05, 0.1) is 22.3 Å². The van der Waals surface area contributed by atoms with Crippen molar-refractivity contribution in [2.75, 3.05) is 16.4 Å². The highest BCUT2D eigenvalue weighted by atomic mass is 32.2. The van der Waals surface area contributed by atoms with E-state index in [9.17, 15) is 9.18 Å². The summed E-state index contributed by atoms with van der Waals surface area (Å²) in [7, 11) is 1.61. The van der Waals surface area contributed by atoms with Crippen LogP contribution in [0.15, 0.2) is 70.7 Å². The lowest BCUT2D eigenvalue weighted by Gasteiger charge is -2.32. The van der Waals surface area contributed by atoms with Crippen LogP contribution < -0.4 is 20.9 Å². The maximum absolute atomic E-state index is 13.1. The fraction of sp³-hybridized carbons (Fsp3) is 0.200. The van der Waals surface area contributed by atoms with Crippen molar-refractivity contribution in [2.24, 2.45) is 7.05 Å². The molecule has 178 valence electrons. The molecule has 8 nitrogen and oxygen atoms in total. The monoisotopic (exact) mass is 490 g/mol. The van der Waals surface area contributed by atoms with Crippen LogP contribution in [-0.2, 0) is 7.05 Å². The van der Waals surface area contributed by atoms with Gasteiger partial charge in [-0.2, -0.15) is 0 Å². The van der Waals surface area contributed by atoms with Crippen molar-refractivity contribution in [2.45, 2.75) is 24.3 Å². The number of aromatic nitrogens is 4. The van der Waals surface area contributed by atoms with E-state index >= 15 is 0 Å². The summed E-state index contributed by atoms with van der Waals surface area (Å²) in [6, 6.07) is 11.1. The minimum absolute atomic E-state index is 0.0448. The summed E-state index contributed by atoms with van der Waals surface area (Å²) in [6.07, 6.45) is 4.76. The highest BCUT2D eigenvalue weighted by Crippen LogP contribution is 2.42. The minimum Gasteiger partial charge on any atom is -0.454 e. The van der Waals surface area contributed by atoms with E-state index in [1.165, 1.54) is 22.9 Å². The van der Waals surface area contributed by atoms with E-state index in [4.69, 9.17) is 4.74 Å². The molecule has 1 aliphatic rings. The molecule has 0 amide bonds. The largest absolute Gasteiger partial charge is 0.454 e. The lowest BCUT2D eigenvalue weighted by atomic mass is 10.1. The maximum Gasteiger partial charge on any atom is 0.264 e. The summed E-state index contributed by atoms with van der Waals surface area (Å²) < 4.78 is 20.6. The van der Waals surface area contributed by atoms with E-state index in [-0.39, 0.29) is 16.9 Å². The molecule has 10 heteroatoms. The minimum atomic E-state index is -0.338. The van der Waals surface area contributed by atoms with Crippen LogP contribution in [0.5, 0.6) is 11.5 Å². The van der Waals surface area contributed by atoms with Crippen molar-refractivity contribution in [3.8, 4) is 22.8 Å². The summed E-state index contributed by atoms with van der Waals surface area (Å²) in [4.78, 5) is 27.1. The third kappa shape index (κ3) is 4.83. The number of nitrogens with zero attached hydrogens (tertiary/aromatic N) is 4. The number of hydrogen-bond donors (Lipinski definition) is 2. The van der Waals surface area contributed by atoms with E-state index in [0.29, 0.717) is 34.4 Å². The number of nitrogens with one attached hydrogen (secondary N) is 2. The number of pyridine rings is 2. The number of benzene rings is 1. The Kier molecular flexibility index (Phi) is 5.89. The molecule has 0 atom stereocenters. The second-order valence-electron chi connectivity index (χ2n) is 8.76. The predicted molar refractivity (Wildman–Crippen MR) is 135 cm³/mol. The Morgan fingerprint density at radius 1 is 1.09 bits per heavy atom. The highest BCUT2D eigenvalue weighted by Gasteiger charge is 2.28. The first kappa shape index (κ1) is 22.9. The van der Waals surface area contributed by atoms with Crippen LogP contribution in [0, 0.1) is 5.82 Å². The molecule has 0 saturated heterocycles. The Balaban J connectivity index is 1.35. The number of rotatable bonds is 5. The SMILES string of the molecule is Cn1c(Nc2ccc(F)cc2)ncc(-c2ccc(Oc3ccnc4c3SCC(C)(C)N4)cn2)c1=O. The number of ether oxygens (including phenoxy) is 1. The molecule has 35 heavy (non-hydrogen) atoms. The van der Waals surface area contributed by atoms with E-state index in [2.05, 4.69) is 39.4 Å². The van der Waals surface area contributed by atoms with E-state index in [1.54, 1.807) is 55.5 Å². The highest BCUT2D eigenvalue weighted by molar-refractivity contribution is 7.99. The molecule has 3 aromatic heterocycles. The van der Waals surface area contributed by atoms with Gasteiger partial charge < -0.3 is 15.4 Å². The van der Waals surface area contributed by atoms with Gasteiger partial charge in [-0.25, -0.2) is 14.4 Å². The molecular weight excluding hydrogens is 467 g/mol. The summed E-state index contributed by atoms with van der Waals surface area (Å²) in [5, 5.41) is 6.45. The van der Waals surface area contributed by atoms with Crippen LogP contribution in [0.4, 0.5) is 21.8 Å². The zero-order valence-corrected chi connectivity index (χ0v) is 20.2. The molecule has 4 aromatic rings. The number of thioether (sulfide) groups is 1. The molecule has 0 bridgehead atoms. The number of fused-ring (bicyclic) bond motifs is 1. The van der Waals surface area contributed by atoms with E-state index in [0.717, 1.165) is 16.5 Å². The molecule has 0 radical (unpaired) electrons. The standard InChI is InChI=1S/C25H23FN6O2S/c1-25(2)14-35-21-20(10-11-27-22(21)31-25)34-17-8-9-19(28-12-17)18-13-29-24(32(3)23(18)33)30-16-6-4-15(26)5-7-16/h4-13H,14H2,1-3H3,(H,27,31)(H,29,30). The Labute approximate surface area is 205 Å². The van der Waals surface area contributed by atoms with Crippen molar-refractivity contribution < 1.29 is 9.13 Å². The van der Waals surface area contributed by atoms with Gasteiger partial charge in [0.15, 0.2) is 0 Å². The fourth-order valence-corrected chi connectivity index (χ4v) is 4.64. The van der Waals surface area contributed by atoms with Gasteiger partial charge in [0.2, 0.25) is 5.95 Å². The first-order valence-electron chi connectivity index (χ1n) is 10.9. The summed E-state index contributed by atoms with van der Waals surface area (Å²) >= 11 is 1.70. The molecule has 5 rings (SSSR count). The van der Waals surface area contributed by atoms with Crippen molar-refractivity contribution >= 4 is 29.2 Å². The van der Waals surface area contributed by atoms with Crippen LogP contribution in [0.3, 0.4) is 0 Å². The van der Waals surface area contributed by atoms with Crippen molar-refractivity contribution in [1.82, 2.24) is 19.5 Å². The normalized spacial score (nSPS) is 14.1. The smallest absolute Gasteiger partial charge is 0.264 e. The van der Waals surface area contributed by atoms with Gasteiger partial charge >= 0.3 is 0 Å². The maximum atomic E-state index is 13.1. The molecule has 0 fully saturated rings. The van der Waals surface area contributed by atoms with Crippen LogP contribution >= 0.6 is 11.8 Å². The third-order valence-electron chi connectivity index (χ3n) is 5.41. The second kappa shape index (κ2) is 9.03. The molecule has 1 aromatic carbocycles.